The summed E-state index contributed by atoms with van der Waals surface area (Å²) in [5, 5.41) is 2.79. The van der Waals surface area contributed by atoms with Crippen LogP contribution >= 0.6 is 0 Å². The molecule has 7 nitrogen and oxygen atoms in total. The first kappa shape index (κ1) is 15.3. The largest absolute Gasteiger partial charge is 0.469 e. The molecule has 0 aromatic carbocycles. The molecule has 0 spiro atoms. The van der Waals surface area contributed by atoms with E-state index >= 15 is 0 Å². The van der Waals surface area contributed by atoms with Gasteiger partial charge in [-0.15, -0.1) is 0 Å². The number of hydrazine groups is 1. The van der Waals surface area contributed by atoms with E-state index in [0.29, 0.717) is 18.7 Å². The molecule has 1 saturated carbocycles. The number of methoxy groups -OCH3 is 1. The van der Waals surface area contributed by atoms with Crippen LogP contribution < -0.4 is 16.2 Å². The van der Waals surface area contributed by atoms with Crippen LogP contribution in [0.1, 0.15) is 38.5 Å². The third-order valence-electron chi connectivity index (χ3n) is 3.41. The number of esters is 1. The maximum atomic E-state index is 11.3. The van der Waals surface area contributed by atoms with Crippen molar-refractivity contribution < 1.29 is 19.1 Å². The molecule has 0 aromatic rings. The second-order valence-electron chi connectivity index (χ2n) is 4.69. The lowest BCUT2D eigenvalue weighted by molar-refractivity contribution is -0.141. The van der Waals surface area contributed by atoms with Gasteiger partial charge in [0.05, 0.1) is 7.11 Å². The first-order valence-corrected chi connectivity index (χ1v) is 6.48. The van der Waals surface area contributed by atoms with Crippen LogP contribution in [-0.2, 0) is 14.3 Å². The highest BCUT2D eigenvalue weighted by Gasteiger charge is 2.22. The first-order valence-electron chi connectivity index (χ1n) is 6.48. The van der Waals surface area contributed by atoms with Crippen LogP contribution in [0.4, 0.5) is 4.79 Å². The van der Waals surface area contributed by atoms with Crippen LogP contribution in [0.3, 0.4) is 0 Å². The summed E-state index contributed by atoms with van der Waals surface area (Å²) in [6.45, 7) is 0. The maximum Gasteiger partial charge on any atom is 0.333 e. The van der Waals surface area contributed by atoms with Crippen molar-refractivity contribution in [3.8, 4) is 0 Å². The molecule has 0 aliphatic heterocycles. The molecule has 19 heavy (non-hydrogen) atoms. The standard InChI is InChI=1S/C12H21N3O4/c1-19-11(17)7-4-9-2-5-10(6-3-9)14-12(18)15-13-8-16/h8-10H,2-7H2,1H3,(H,13,16)(H2,14,15,18). The molecule has 0 heterocycles. The maximum absolute atomic E-state index is 11.3. The van der Waals surface area contributed by atoms with Crippen molar-refractivity contribution in [3.63, 3.8) is 0 Å². The van der Waals surface area contributed by atoms with Gasteiger partial charge in [0.15, 0.2) is 0 Å². The van der Waals surface area contributed by atoms with E-state index in [1.807, 2.05) is 0 Å². The fourth-order valence-electron chi connectivity index (χ4n) is 2.34. The second kappa shape index (κ2) is 8.34. The first-order chi connectivity index (χ1) is 9.15. The minimum atomic E-state index is -0.398. The van der Waals surface area contributed by atoms with Gasteiger partial charge in [0, 0.05) is 12.5 Å². The molecule has 1 fully saturated rings. The monoisotopic (exact) mass is 271 g/mol. The zero-order valence-electron chi connectivity index (χ0n) is 11.1. The molecule has 7 heteroatoms. The fraction of sp³-hybridized carbons (Fsp3) is 0.750. The predicted molar refractivity (Wildman–Crippen MR) is 67.9 cm³/mol. The quantitative estimate of drug-likeness (QED) is 0.371. The number of ether oxygens (including phenoxy) is 1. The summed E-state index contributed by atoms with van der Waals surface area (Å²) in [5.41, 5.74) is 4.30. The molecule has 1 aliphatic carbocycles. The Morgan fingerprint density at radius 2 is 1.95 bits per heavy atom. The fourth-order valence-corrected chi connectivity index (χ4v) is 2.34. The van der Waals surface area contributed by atoms with Crippen LogP contribution in [0.15, 0.2) is 0 Å². The molecule has 0 aromatic heterocycles. The van der Waals surface area contributed by atoms with Crippen molar-refractivity contribution in [2.45, 2.75) is 44.6 Å². The van der Waals surface area contributed by atoms with Gasteiger partial charge in [-0.2, -0.15) is 0 Å². The van der Waals surface area contributed by atoms with Crippen molar-refractivity contribution in [2.75, 3.05) is 7.11 Å². The van der Waals surface area contributed by atoms with Crippen molar-refractivity contribution in [1.29, 1.82) is 0 Å². The van der Waals surface area contributed by atoms with Crippen LogP contribution in [0.5, 0.6) is 0 Å². The Bertz CT molecular complexity index is 314. The van der Waals surface area contributed by atoms with E-state index in [9.17, 15) is 14.4 Å². The third-order valence-corrected chi connectivity index (χ3v) is 3.41. The Labute approximate surface area is 112 Å². The summed E-state index contributed by atoms with van der Waals surface area (Å²) in [6.07, 6.45) is 5.47. The van der Waals surface area contributed by atoms with Gasteiger partial charge in [-0.05, 0) is 38.0 Å². The van der Waals surface area contributed by atoms with Crippen LogP contribution in [-0.4, -0.2) is 31.6 Å². The molecular formula is C12H21N3O4. The van der Waals surface area contributed by atoms with Crippen molar-refractivity contribution in [1.82, 2.24) is 16.2 Å². The highest BCUT2D eigenvalue weighted by Crippen LogP contribution is 2.27. The minimum Gasteiger partial charge on any atom is -0.469 e. The molecule has 0 radical (unpaired) electrons. The molecule has 3 amide bonds. The average molecular weight is 271 g/mol. The summed E-state index contributed by atoms with van der Waals surface area (Å²) in [4.78, 5) is 32.3. The average Bonchev–Trinajstić information content (AvgIpc) is 2.44. The zero-order chi connectivity index (χ0) is 14.1. The number of rotatable bonds is 6. The second-order valence-corrected chi connectivity index (χ2v) is 4.69. The summed E-state index contributed by atoms with van der Waals surface area (Å²) in [7, 11) is 1.40. The van der Waals surface area contributed by atoms with E-state index in [2.05, 4.69) is 20.9 Å². The van der Waals surface area contributed by atoms with Gasteiger partial charge in [0.1, 0.15) is 0 Å². The molecule has 0 saturated heterocycles. The van der Waals surface area contributed by atoms with Crippen molar-refractivity contribution >= 4 is 18.4 Å². The van der Waals surface area contributed by atoms with Crippen molar-refractivity contribution in [3.05, 3.63) is 0 Å². The molecule has 0 unspecified atom stereocenters. The molecule has 0 atom stereocenters. The zero-order valence-corrected chi connectivity index (χ0v) is 11.1. The number of nitrogens with one attached hydrogen (secondary N) is 3. The number of hydrogen-bond donors (Lipinski definition) is 3. The minimum absolute atomic E-state index is 0.128. The lowest BCUT2D eigenvalue weighted by Crippen LogP contribution is -2.48. The number of urea groups is 1. The van der Waals surface area contributed by atoms with Gasteiger partial charge in [-0.1, -0.05) is 0 Å². The smallest absolute Gasteiger partial charge is 0.333 e. The van der Waals surface area contributed by atoms with Crippen molar-refractivity contribution in [2.24, 2.45) is 5.92 Å². The Kier molecular flexibility index (Phi) is 6.70. The van der Waals surface area contributed by atoms with Crippen LogP contribution in [0.2, 0.25) is 0 Å². The number of hydrogen-bond acceptors (Lipinski definition) is 4. The highest BCUT2D eigenvalue weighted by atomic mass is 16.5. The van der Waals surface area contributed by atoms with Gasteiger partial charge in [0.25, 0.3) is 0 Å². The number of carbonyl (C=O) groups excluding carboxylic acids is 3. The summed E-state index contributed by atoms with van der Waals surface area (Å²) >= 11 is 0. The predicted octanol–water partition coefficient (Wildman–Crippen LogP) is 0.459. The molecule has 108 valence electrons. The van der Waals surface area contributed by atoms with Gasteiger partial charge in [0.2, 0.25) is 6.41 Å². The number of amides is 3. The Morgan fingerprint density at radius 3 is 2.53 bits per heavy atom. The highest BCUT2D eigenvalue weighted by molar-refractivity contribution is 5.75. The van der Waals surface area contributed by atoms with Gasteiger partial charge in [-0.25, -0.2) is 10.2 Å². The Balaban J connectivity index is 2.16. The van der Waals surface area contributed by atoms with E-state index in [4.69, 9.17) is 0 Å². The van der Waals surface area contributed by atoms with E-state index < -0.39 is 6.03 Å². The van der Waals surface area contributed by atoms with E-state index in [1.54, 1.807) is 0 Å². The normalized spacial score (nSPS) is 22.2. The van der Waals surface area contributed by atoms with E-state index in [1.165, 1.54) is 7.11 Å². The lowest BCUT2D eigenvalue weighted by atomic mass is 9.83. The van der Waals surface area contributed by atoms with E-state index in [-0.39, 0.29) is 12.0 Å². The third kappa shape index (κ3) is 6.08. The number of carbonyl (C=O) groups is 3. The molecule has 0 bridgehead atoms. The van der Waals surface area contributed by atoms with E-state index in [0.717, 1.165) is 32.1 Å². The molecule has 1 rings (SSSR count). The Morgan fingerprint density at radius 1 is 1.26 bits per heavy atom. The molecule has 1 aliphatic rings. The molecule has 3 N–H and O–H groups in total. The van der Waals surface area contributed by atoms with Gasteiger partial charge in [-0.3, -0.25) is 15.0 Å². The Hall–Kier alpha value is -1.79. The lowest BCUT2D eigenvalue weighted by Gasteiger charge is -2.28. The van der Waals surface area contributed by atoms with Crippen LogP contribution in [0, 0.1) is 5.92 Å². The summed E-state index contributed by atoms with van der Waals surface area (Å²) in [5.74, 6) is 0.355. The molecular weight excluding hydrogens is 250 g/mol. The van der Waals surface area contributed by atoms with Crippen LogP contribution in [0.25, 0.3) is 0 Å². The summed E-state index contributed by atoms with van der Waals surface area (Å²) in [6, 6.07) is -0.270. The SMILES string of the molecule is COC(=O)CCC1CCC(NC(=O)NNC=O)CC1. The summed E-state index contributed by atoms with van der Waals surface area (Å²) < 4.78 is 4.61. The van der Waals surface area contributed by atoms with Gasteiger partial charge < -0.3 is 10.1 Å². The van der Waals surface area contributed by atoms with Gasteiger partial charge >= 0.3 is 12.0 Å². The topological polar surface area (TPSA) is 96.5 Å².